The van der Waals surface area contributed by atoms with Gasteiger partial charge in [-0.15, -0.1) is 0 Å². The van der Waals surface area contributed by atoms with E-state index in [1.807, 2.05) is 57.2 Å². The predicted octanol–water partition coefficient (Wildman–Crippen LogP) is 4.01. The Morgan fingerprint density at radius 3 is 2.46 bits per heavy atom. The molecule has 0 aliphatic rings. The number of urea groups is 1. The Bertz CT molecular complexity index is 756. The number of ether oxygens (including phenoxy) is 1. The minimum Gasteiger partial charge on any atom is -0.497 e. The third-order valence-electron chi connectivity index (χ3n) is 4.33. The Morgan fingerprint density at radius 1 is 1.19 bits per heavy atom. The Hall–Kier alpha value is -2.82. The van der Waals surface area contributed by atoms with Crippen LogP contribution in [0, 0.1) is 13.8 Å². The number of carbonyl (C=O) groups excluding carboxylic acids is 2. The molecule has 0 saturated carbocycles. The van der Waals surface area contributed by atoms with Crippen molar-refractivity contribution < 1.29 is 14.3 Å². The highest BCUT2D eigenvalue weighted by molar-refractivity contribution is 6.06. The molecule has 1 atom stereocenters. The summed E-state index contributed by atoms with van der Waals surface area (Å²) in [6, 6.07) is 13.0. The lowest BCUT2D eigenvalue weighted by Crippen LogP contribution is -2.43. The quantitative estimate of drug-likeness (QED) is 0.765. The van der Waals surface area contributed by atoms with E-state index in [1.165, 1.54) is 5.56 Å². The number of imide groups is 1. The van der Waals surface area contributed by atoms with Crippen molar-refractivity contribution in [3.05, 3.63) is 59.2 Å². The molecule has 1 N–H and O–H groups in total. The molecule has 3 amide bonds. The van der Waals surface area contributed by atoms with Crippen molar-refractivity contribution in [1.82, 2.24) is 5.32 Å². The van der Waals surface area contributed by atoms with Crippen molar-refractivity contribution in [2.24, 2.45) is 0 Å². The number of aryl methyl sites for hydroxylation is 3. The smallest absolute Gasteiger partial charge is 0.328 e. The molecule has 0 fully saturated rings. The molecule has 0 aromatic heterocycles. The zero-order valence-electron chi connectivity index (χ0n) is 15.8. The number of benzene rings is 2. The van der Waals surface area contributed by atoms with Gasteiger partial charge in [-0.2, -0.15) is 0 Å². The summed E-state index contributed by atoms with van der Waals surface area (Å²) in [6.07, 6.45) is 2.16. The first-order valence-corrected chi connectivity index (χ1v) is 8.69. The van der Waals surface area contributed by atoms with Crippen LogP contribution in [0.2, 0.25) is 0 Å². The van der Waals surface area contributed by atoms with E-state index in [9.17, 15) is 9.59 Å². The highest BCUT2D eigenvalue weighted by atomic mass is 16.5. The number of nitrogens with one attached hydrogen (secondary N) is 1. The molecule has 0 bridgehead atoms. The summed E-state index contributed by atoms with van der Waals surface area (Å²) in [5.41, 5.74) is 3.75. The SMILES string of the molecule is COc1ccc(CCC(C)NC(=O)N(C=O)c2ccc(C)cc2C)cc1. The lowest BCUT2D eigenvalue weighted by Gasteiger charge is -2.22. The second kappa shape index (κ2) is 9.04. The van der Waals surface area contributed by atoms with Gasteiger partial charge in [0.2, 0.25) is 6.41 Å². The monoisotopic (exact) mass is 354 g/mol. The molecule has 5 heteroatoms. The molecule has 0 spiro atoms. The van der Waals surface area contributed by atoms with Gasteiger partial charge in [-0.1, -0.05) is 29.8 Å². The number of rotatable bonds is 7. The maximum atomic E-state index is 12.5. The molecule has 0 saturated heterocycles. The first-order chi connectivity index (χ1) is 12.4. The molecule has 26 heavy (non-hydrogen) atoms. The van der Waals surface area contributed by atoms with Gasteiger partial charge >= 0.3 is 6.03 Å². The summed E-state index contributed by atoms with van der Waals surface area (Å²) in [5, 5.41) is 2.90. The van der Waals surface area contributed by atoms with Crippen LogP contribution in [-0.4, -0.2) is 25.6 Å². The number of anilines is 1. The van der Waals surface area contributed by atoms with Gasteiger partial charge in [-0.25, -0.2) is 9.69 Å². The van der Waals surface area contributed by atoms with Gasteiger partial charge in [0, 0.05) is 6.04 Å². The molecular weight excluding hydrogens is 328 g/mol. The Balaban J connectivity index is 1.94. The average Bonchev–Trinajstić information content (AvgIpc) is 2.62. The van der Waals surface area contributed by atoms with Crippen molar-refractivity contribution in [3.8, 4) is 5.75 Å². The van der Waals surface area contributed by atoms with Crippen molar-refractivity contribution in [3.63, 3.8) is 0 Å². The maximum absolute atomic E-state index is 12.5. The van der Waals surface area contributed by atoms with E-state index in [0.29, 0.717) is 12.1 Å². The first-order valence-electron chi connectivity index (χ1n) is 8.69. The fourth-order valence-electron chi connectivity index (χ4n) is 2.82. The largest absolute Gasteiger partial charge is 0.497 e. The molecule has 2 aromatic carbocycles. The van der Waals surface area contributed by atoms with Gasteiger partial charge in [-0.3, -0.25) is 4.79 Å². The third-order valence-corrected chi connectivity index (χ3v) is 4.33. The highest BCUT2D eigenvalue weighted by Gasteiger charge is 2.18. The molecule has 138 valence electrons. The first kappa shape index (κ1) is 19.5. The summed E-state index contributed by atoms with van der Waals surface area (Å²) in [7, 11) is 1.64. The molecular formula is C21H26N2O3. The Morgan fingerprint density at radius 2 is 1.88 bits per heavy atom. The van der Waals surface area contributed by atoms with E-state index in [0.717, 1.165) is 34.6 Å². The third kappa shape index (κ3) is 5.09. The van der Waals surface area contributed by atoms with Gasteiger partial charge < -0.3 is 10.1 Å². The number of amides is 3. The summed E-state index contributed by atoms with van der Waals surface area (Å²) in [4.78, 5) is 25.1. The summed E-state index contributed by atoms with van der Waals surface area (Å²) >= 11 is 0. The average molecular weight is 354 g/mol. The van der Waals surface area contributed by atoms with E-state index in [2.05, 4.69) is 5.32 Å². The number of methoxy groups -OCH3 is 1. The van der Waals surface area contributed by atoms with Crippen molar-refractivity contribution in [1.29, 1.82) is 0 Å². The van der Waals surface area contributed by atoms with Gasteiger partial charge in [-0.05, 0) is 62.9 Å². The molecule has 0 aliphatic carbocycles. The lowest BCUT2D eigenvalue weighted by molar-refractivity contribution is -0.106. The second-order valence-corrected chi connectivity index (χ2v) is 6.50. The zero-order chi connectivity index (χ0) is 19.1. The van der Waals surface area contributed by atoms with Crippen LogP contribution in [0.3, 0.4) is 0 Å². The van der Waals surface area contributed by atoms with E-state index in [-0.39, 0.29) is 6.04 Å². The van der Waals surface area contributed by atoms with Gasteiger partial charge in [0.25, 0.3) is 0 Å². The molecule has 0 heterocycles. The topological polar surface area (TPSA) is 58.6 Å². The number of hydrogen-bond acceptors (Lipinski definition) is 3. The number of nitrogens with zero attached hydrogens (tertiary/aromatic N) is 1. The zero-order valence-corrected chi connectivity index (χ0v) is 15.8. The van der Waals surface area contributed by atoms with E-state index in [4.69, 9.17) is 4.74 Å². The maximum Gasteiger partial charge on any atom is 0.328 e. The normalized spacial score (nSPS) is 11.5. The van der Waals surface area contributed by atoms with Crippen LogP contribution >= 0.6 is 0 Å². The molecule has 5 nitrogen and oxygen atoms in total. The van der Waals surface area contributed by atoms with Gasteiger partial charge in [0.1, 0.15) is 5.75 Å². The number of hydrogen-bond donors (Lipinski definition) is 1. The Labute approximate surface area is 155 Å². The minimum atomic E-state index is -0.408. The fraction of sp³-hybridized carbons (Fsp3) is 0.333. The summed E-state index contributed by atoms with van der Waals surface area (Å²) < 4.78 is 5.15. The van der Waals surface area contributed by atoms with Crippen LogP contribution in [-0.2, 0) is 11.2 Å². The highest BCUT2D eigenvalue weighted by Crippen LogP contribution is 2.20. The van der Waals surface area contributed by atoms with Crippen LogP contribution in [0.5, 0.6) is 5.75 Å². The van der Waals surface area contributed by atoms with Crippen LogP contribution in [0.4, 0.5) is 10.5 Å². The molecule has 0 radical (unpaired) electrons. The second-order valence-electron chi connectivity index (χ2n) is 6.50. The fourth-order valence-corrected chi connectivity index (χ4v) is 2.82. The summed E-state index contributed by atoms with van der Waals surface area (Å²) in [6.45, 7) is 5.80. The predicted molar refractivity (Wildman–Crippen MR) is 104 cm³/mol. The molecule has 1 unspecified atom stereocenters. The van der Waals surface area contributed by atoms with Crippen LogP contribution in [0.25, 0.3) is 0 Å². The van der Waals surface area contributed by atoms with Crippen LogP contribution in [0.15, 0.2) is 42.5 Å². The van der Waals surface area contributed by atoms with Crippen LogP contribution < -0.4 is 15.0 Å². The van der Waals surface area contributed by atoms with E-state index < -0.39 is 6.03 Å². The van der Waals surface area contributed by atoms with Crippen molar-refractivity contribution in [2.75, 3.05) is 12.0 Å². The summed E-state index contributed by atoms with van der Waals surface area (Å²) in [5.74, 6) is 0.824. The van der Waals surface area contributed by atoms with E-state index >= 15 is 0 Å². The minimum absolute atomic E-state index is 0.0576. The van der Waals surface area contributed by atoms with E-state index in [1.54, 1.807) is 13.2 Å². The number of carbonyl (C=O) groups is 2. The van der Waals surface area contributed by atoms with Crippen molar-refractivity contribution in [2.45, 2.75) is 39.7 Å². The van der Waals surface area contributed by atoms with Gasteiger partial charge in [0.05, 0.1) is 12.8 Å². The Kier molecular flexibility index (Phi) is 6.78. The molecule has 2 aromatic rings. The van der Waals surface area contributed by atoms with Gasteiger partial charge in [0.15, 0.2) is 0 Å². The standard InChI is InChI=1S/C21H26N2O3/c1-15-5-12-20(16(2)13-15)23(14-24)21(25)22-17(3)6-7-18-8-10-19(26-4)11-9-18/h5,8-14,17H,6-7H2,1-4H3,(H,22,25). The van der Waals surface area contributed by atoms with Crippen molar-refractivity contribution >= 4 is 18.1 Å². The molecule has 0 aliphatic heterocycles. The van der Waals surface area contributed by atoms with Crippen LogP contribution in [0.1, 0.15) is 30.0 Å². The lowest BCUT2D eigenvalue weighted by atomic mass is 10.1. The molecule has 2 rings (SSSR count).